The highest BCUT2D eigenvalue weighted by molar-refractivity contribution is 6.21. The number of alkyl halides is 1. The molecule has 0 amide bonds. The molecule has 1 heteroatoms. The number of hydrogen-bond acceptors (Lipinski definition) is 0. The van der Waals surface area contributed by atoms with Crippen LogP contribution in [0.5, 0.6) is 0 Å². The van der Waals surface area contributed by atoms with Crippen LogP contribution in [0.1, 0.15) is 41.8 Å². The van der Waals surface area contributed by atoms with Gasteiger partial charge >= 0.3 is 0 Å². The topological polar surface area (TPSA) is 0 Å². The van der Waals surface area contributed by atoms with Crippen molar-refractivity contribution >= 4 is 11.6 Å². The summed E-state index contributed by atoms with van der Waals surface area (Å²) in [5, 5.41) is 0.231. The van der Waals surface area contributed by atoms with Gasteiger partial charge in [0.25, 0.3) is 0 Å². The lowest BCUT2D eigenvalue weighted by atomic mass is 10.0. The molecule has 0 aliphatic heterocycles. The van der Waals surface area contributed by atoms with Gasteiger partial charge < -0.3 is 0 Å². The first kappa shape index (κ1) is 11.0. The van der Waals surface area contributed by atoms with Crippen molar-refractivity contribution < 1.29 is 0 Å². The maximum absolute atomic E-state index is 6.50. The number of hydrogen-bond donors (Lipinski definition) is 0. The minimum absolute atomic E-state index is 0.231. The molecule has 0 N–H and O–H groups in total. The molecule has 1 saturated carbocycles. The van der Waals surface area contributed by atoms with Gasteiger partial charge in [0.15, 0.2) is 0 Å². The van der Waals surface area contributed by atoms with E-state index in [-0.39, 0.29) is 5.38 Å². The SMILES string of the molecule is CCC1CC1C(Cl)c1ccc(C)c(C)c1. The second-order valence-corrected chi connectivity index (χ2v) is 5.28. The normalized spacial score (nSPS) is 26.4. The molecule has 0 heterocycles. The van der Waals surface area contributed by atoms with Crippen molar-refractivity contribution in [1.82, 2.24) is 0 Å². The lowest BCUT2D eigenvalue weighted by Crippen LogP contribution is -1.96. The Morgan fingerprint density at radius 2 is 2.07 bits per heavy atom. The van der Waals surface area contributed by atoms with Gasteiger partial charge in [-0.2, -0.15) is 0 Å². The fraction of sp³-hybridized carbons (Fsp3) is 0.571. The van der Waals surface area contributed by atoms with Crippen LogP contribution in [0, 0.1) is 25.7 Å². The Morgan fingerprint density at radius 1 is 1.33 bits per heavy atom. The molecule has 0 bridgehead atoms. The van der Waals surface area contributed by atoms with E-state index in [1.807, 2.05) is 0 Å². The van der Waals surface area contributed by atoms with Crippen molar-refractivity contribution in [1.29, 1.82) is 0 Å². The second kappa shape index (κ2) is 4.17. The highest BCUT2D eigenvalue weighted by Gasteiger charge is 2.41. The molecule has 3 unspecified atom stereocenters. The predicted molar refractivity (Wildman–Crippen MR) is 66.4 cm³/mol. The molecule has 1 aromatic carbocycles. The lowest BCUT2D eigenvalue weighted by Gasteiger charge is -2.11. The Bertz CT molecular complexity index is 356. The van der Waals surface area contributed by atoms with Crippen LogP contribution in [-0.4, -0.2) is 0 Å². The summed E-state index contributed by atoms with van der Waals surface area (Å²) in [6.07, 6.45) is 2.59. The quantitative estimate of drug-likeness (QED) is 0.655. The van der Waals surface area contributed by atoms with E-state index in [1.54, 1.807) is 0 Å². The van der Waals surface area contributed by atoms with E-state index in [1.165, 1.54) is 29.5 Å². The molecule has 1 fully saturated rings. The predicted octanol–water partition coefficient (Wildman–Crippen LogP) is 4.63. The van der Waals surface area contributed by atoms with Gasteiger partial charge in [-0.05, 0) is 48.8 Å². The van der Waals surface area contributed by atoms with E-state index in [0.717, 1.165) is 11.8 Å². The molecular weight excluding hydrogens is 204 g/mol. The summed E-state index contributed by atoms with van der Waals surface area (Å²) in [4.78, 5) is 0. The summed E-state index contributed by atoms with van der Waals surface area (Å²) >= 11 is 6.50. The molecular formula is C14H19Cl. The molecule has 2 rings (SSSR count). The summed E-state index contributed by atoms with van der Waals surface area (Å²) in [5.74, 6) is 1.59. The third-order valence-electron chi connectivity index (χ3n) is 3.73. The molecule has 15 heavy (non-hydrogen) atoms. The highest BCUT2D eigenvalue weighted by atomic mass is 35.5. The zero-order chi connectivity index (χ0) is 11.0. The van der Waals surface area contributed by atoms with Crippen LogP contribution >= 0.6 is 11.6 Å². The zero-order valence-electron chi connectivity index (χ0n) is 9.76. The monoisotopic (exact) mass is 222 g/mol. The first-order valence-electron chi connectivity index (χ1n) is 5.84. The number of benzene rings is 1. The first-order valence-corrected chi connectivity index (χ1v) is 6.28. The minimum atomic E-state index is 0.231. The number of aryl methyl sites for hydroxylation is 2. The van der Waals surface area contributed by atoms with Gasteiger partial charge in [-0.25, -0.2) is 0 Å². The zero-order valence-corrected chi connectivity index (χ0v) is 10.5. The fourth-order valence-electron chi connectivity index (χ4n) is 2.28. The van der Waals surface area contributed by atoms with Crippen molar-refractivity contribution in [3.63, 3.8) is 0 Å². The number of halogens is 1. The first-order chi connectivity index (χ1) is 7.13. The van der Waals surface area contributed by atoms with Gasteiger partial charge in [0.1, 0.15) is 0 Å². The van der Waals surface area contributed by atoms with Crippen molar-refractivity contribution in [2.24, 2.45) is 11.8 Å². The molecule has 0 nitrogen and oxygen atoms in total. The average molecular weight is 223 g/mol. The van der Waals surface area contributed by atoms with Crippen LogP contribution in [0.4, 0.5) is 0 Å². The third kappa shape index (κ3) is 2.20. The lowest BCUT2D eigenvalue weighted by molar-refractivity contribution is 0.662. The van der Waals surface area contributed by atoms with Crippen LogP contribution in [0.3, 0.4) is 0 Å². The Kier molecular flexibility index (Phi) is 3.06. The van der Waals surface area contributed by atoms with Crippen LogP contribution in [0.25, 0.3) is 0 Å². The Morgan fingerprint density at radius 3 is 2.60 bits per heavy atom. The van der Waals surface area contributed by atoms with Crippen molar-refractivity contribution in [2.75, 3.05) is 0 Å². The summed E-state index contributed by atoms with van der Waals surface area (Å²) in [6, 6.07) is 6.62. The van der Waals surface area contributed by atoms with Crippen LogP contribution in [0.2, 0.25) is 0 Å². The van der Waals surface area contributed by atoms with E-state index < -0.39 is 0 Å². The van der Waals surface area contributed by atoms with E-state index in [4.69, 9.17) is 11.6 Å². The molecule has 1 aliphatic rings. The summed E-state index contributed by atoms with van der Waals surface area (Å²) in [6.45, 7) is 6.57. The molecule has 0 saturated heterocycles. The van der Waals surface area contributed by atoms with Crippen molar-refractivity contribution in [3.05, 3.63) is 34.9 Å². The van der Waals surface area contributed by atoms with Gasteiger partial charge in [0.2, 0.25) is 0 Å². The van der Waals surface area contributed by atoms with E-state index in [2.05, 4.69) is 39.0 Å². The van der Waals surface area contributed by atoms with Gasteiger partial charge in [-0.3, -0.25) is 0 Å². The molecule has 1 aromatic rings. The van der Waals surface area contributed by atoms with Gasteiger partial charge in [0.05, 0.1) is 5.38 Å². The smallest absolute Gasteiger partial charge is 0.0616 e. The highest BCUT2D eigenvalue weighted by Crippen LogP contribution is 2.52. The fourth-order valence-corrected chi connectivity index (χ4v) is 2.73. The van der Waals surface area contributed by atoms with Crippen molar-refractivity contribution in [3.8, 4) is 0 Å². The molecule has 1 aliphatic carbocycles. The summed E-state index contributed by atoms with van der Waals surface area (Å²) < 4.78 is 0. The summed E-state index contributed by atoms with van der Waals surface area (Å²) in [7, 11) is 0. The average Bonchev–Trinajstić information content (AvgIpc) is 3.00. The van der Waals surface area contributed by atoms with E-state index in [9.17, 15) is 0 Å². The van der Waals surface area contributed by atoms with Gasteiger partial charge in [-0.15, -0.1) is 11.6 Å². The Labute approximate surface area is 97.6 Å². The Balaban J connectivity index is 2.13. The molecule has 3 atom stereocenters. The largest absolute Gasteiger partial charge is 0.118 e. The molecule has 0 radical (unpaired) electrons. The Hall–Kier alpha value is -0.490. The molecule has 0 spiro atoms. The maximum atomic E-state index is 6.50. The third-order valence-corrected chi connectivity index (χ3v) is 4.30. The van der Waals surface area contributed by atoms with Gasteiger partial charge in [-0.1, -0.05) is 31.5 Å². The molecule has 0 aromatic heterocycles. The van der Waals surface area contributed by atoms with Crippen molar-refractivity contribution in [2.45, 2.75) is 39.0 Å². The van der Waals surface area contributed by atoms with Crippen LogP contribution in [-0.2, 0) is 0 Å². The van der Waals surface area contributed by atoms with Crippen LogP contribution in [0.15, 0.2) is 18.2 Å². The van der Waals surface area contributed by atoms with Crippen LogP contribution < -0.4 is 0 Å². The number of rotatable bonds is 3. The summed E-state index contributed by atoms with van der Waals surface area (Å²) in [5.41, 5.74) is 4.01. The molecule has 82 valence electrons. The second-order valence-electron chi connectivity index (χ2n) is 4.81. The van der Waals surface area contributed by atoms with E-state index >= 15 is 0 Å². The maximum Gasteiger partial charge on any atom is 0.0616 e. The van der Waals surface area contributed by atoms with E-state index in [0.29, 0.717) is 0 Å². The minimum Gasteiger partial charge on any atom is -0.118 e. The van der Waals surface area contributed by atoms with Gasteiger partial charge in [0, 0.05) is 0 Å². The standard InChI is InChI=1S/C14H19Cl/c1-4-11-8-13(11)14(15)12-6-5-9(2)10(3)7-12/h5-7,11,13-14H,4,8H2,1-3H3.